The van der Waals surface area contributed by atoms with E-state index in [9.17, 15) is 4.79 Å². The van der Waals surface area contributed by atoms with Gasteiger partial charge in [-0.15, -0.1) is 0 Å². The van der Waals surface area contributed by atoms with Gasteiger partial charge in [-0.05, 0) is 67.5 Å². The minimum Gasteiger partial charge on any atom is -0.497 e. The van der Waals surface area contributed by atoms with Gasteiger partial charge >= 0.3 is 0 Å². The highest BCUT2D eigenvalue weighted by Gasteiger charge is 2.20. The maximum absolute atomic E-state index is 12.7. The number of nitrogens with zero attached hydrogens (tertiary/aromatic N) is 2. The number of carbonyl (C=O) groups is 1. The molecule has 1 N–H and O–H groups in total. The van der Waals surface area contributed by atoms with Gasteiger partial charge in [0.25, 0.3) is 5.91 Å². The van der Waals surface area contributed by atoms with Crippen molar-refractivity contribution in [3.8, 4) is 22.9 Å². The van der Waals surface area contributed by atoms with Crippen LogP contribution in [0.4, 0.5) is 0 Å². The molecule has 1 aliphatic carbocycles. The van der Waals surface area contributed by atoms with Crippen molar-refractivity contribution in [3.63, 3.8) is 0 Å². The van der Waals surface area contributed by atoms with Gasteiger partial charge in [-0.25, -0.2) is 0 Å². The quantitative estimate of drug-likeness (QED) is 0.589. The maximum atomic E-state index is 12.7. The molecule has 0 radical (unpaired) electrons. The minimum absolute atomic E-state index is 0.139. The van der Waals surface area contributed by atoms with Gasteiger partial charge in [-0.1, -0.05) is 30.3 Å². The van der Waals surface area contributed by atoms with Crippen molar-refractivity contribution in [3.05, 3.63) is 59.5 Å². The molecular formula is C24H27N3O4. The van der Waals surface area contributed by atoms with E-state index in [1.165, 1.54) is 24.0 Å². The van der Waals surface area contributed by atoms with Gasteiger partial charge in [0.05, 0.1) is 13.7 Å². The summed E-state index contributed by atoms with van der Waals surface area (Å²) < 4.78 is 16.5. The standard InChI is InChI=1S/C24H27N3O4/c1-3-21(30-20-12-11-16-7-4-5-8-17(16)13-20)24(28)25-15-22-26-23(27-31-22)18-9-6-10-19(14-18)29-2/h6,9-14,21H,3-5,7-8,15H2,1-2H3,(H,25,28)/t21-/m0/s1. The van der Waals surface area contributed by atoms with E-state index in [0.29, 0.717) is 23.9 Å². The SMILES string of the molecule is CC[C@H](Oc1ccc2c(c1)CCCC2)C(=O)NCc1nc(-c2cccc(OC)c2)no1. The number of hydrogen-bond donors (Lipinski definition) is 1. The Labute approximate surface area is 181 Å². The fourth-order valence-electron chi connectivity index (χ4n) is 3.75. The molecule has 3 aromatic rings. The summed E-state index contributed by atoms with van der Waals surface area (Å²) in [7, 11) is 1.60. The van der Waals surface area contributed by atoms with E-state index >= 15 is 0 Å². The summed E-state index contributed by atoms with van der Waals surface area (Å²) in [6.45, 7) is 2.07. The number of benzene rings is 2. The number of methoxy groups -OCH3 is 1. The third-order valence-corrected chi connectivity index (χ3v) is 5.47. The molecule has 7 heteroatoms. The van der Waals surface area contributed by atoms with Crippen molar-refractivity contribution in [1.29, 1.82) is 0 Å². The zero-order chi connectivity index (χ0) is 21.6. The van der Waals surface area contributed by atoms with Crippen molar-refractivity contribution in [1.82, 2.24) is 15.5 Å². The molecule has 31 heavy (non-hydrogen) atoms. The van der Waals surface area contributed by atoms with Crippen LogP contribution in [0.15, 0.2) is 47.0 Å². The second-order valence-electron chi connectivity index (χ2n) is 7.61. The molecule has 0 saturated heterocycles. The molecule has 162 valence electrons. The fourth-order valence-corrected chi connectivity index (χ4v) is 3.75. The highest BCUT2D eigenvalue weighted by atomic mass is 16.5. The zero-order valence-corrected chi connectivity index (χ0v) is 17.9. The number of rotatable bonds is 8. The summed E-state index contributed by atoms with van der Waals surface area (Å²) in [5.74, 6) is 2.01. The monoisotopic (exact) mass is 421 g/mol. The van der Waals surface area contributed by atoms with Gasteiger partial charge in [-0.3, -0.25) is 4.79 Å². The van der Waals surface area contributed by atoms with E-state index in [1.807, 2.05) is 37.3 Å². The number of hydrogen-bond acceptors (Lipinski definition) is 6. The number of ether oxygens (including phenoxy) is 2. The normalized spacial score (nSPS) is 13.9. The molecule has 1 aromatic heterocycles. The molecule has 0 saturated carbocycles. The largest absolute Gasteiger partial charge is 0.497 e. The van der Waals surface area contributed by atoms with Crippen LogP contribution >= 0.6 is 0 Å². The van der Waals surface area contributed by atoms with Gasteiger partial charge in [0.1, 0.15) is 11.5 Å². The smallest absolute Gasteiger partial charge is 0.261 e. The van der Waals surface area contributed by atoms with Gasteiger partial charge in [0.2, 0.25) is 11.7 Å². The van der Waals surface area contributed by atoms with Crippen LogP contribution in [0.25, 0.3) is 11.4 Å². The number of nitrogens with one attached hydrogen (secondary N) is 1. The Hall–Kier alpha value is -3.35. The van der Waals surface area contributed by atoms with Crippen LogP contribution in [-0.2, 0) is 24.2 Å². The number of amides is 1. The minimum atomic E-state index is -0.581. The first kappa shape index (κ1) is 20.9. The van der Waals surface area contributed by atoms with Gasteiger partial charge < -0.3 is 19.3 Å². The second-order valence-corrected chi connectivity index (χ2v) is 7.61. The maximum Gasteiger partial charge on any atom is 0.261 e. The Kier molecular flexibility index (Phi) is 6.50. The third-order valence-electron chi connectivity index (χ3n) is 5.47. The van der Waals surface area contributed by atoms with Crippen LogP contribution < -0.4 is 14.8 Å². The zero-order valence-electron chi connectivity index (χ0n) is 17.9. The number of aromatic nitrogens is 2. The molecule has 2 aromatic carbocycles. The number of fused-ring (bicyclic) bond motifs is 1. The molecule has 1 amide bonds. The van der Waals surface area contributed by atoms with Crippen LogP contribution in [0.5, 0.6) is 11.5 Å². The third kappa shape index (κ3) is 5.05. The Morgan fingerprint density at radius 1 is 1.13 bits per heavy atom. The molecule has 7 nitrogen and oxygen atoms in total. The summed E-state index contributed by atoms with van der Waals surface area (Å²) in [5.41, 5.74) is 3.50. The van der Waals surface area contributed by atoms with Crippen LogP contribution in [0.2, 0.25) is 0 Å². The van der Waals surface area contributed by atoms with E-state index in [-0.39, 0.29) is 12.5 Å². The first-order valence-electron chi connectivity index (χ1n) is 10.7. The molecule has 0 bridgehead atoms. The molecule has 0 spiro atoms. The number of carbonyl (C=O) groups excluding carboxylic acids is 1. The molecule has 0 unspecified atom stereocenters. The summed E-state index contributed by atoms with van der Waals surface area (Å²) in [5, 5.41) is 6.82. The molecule has 1 aliphatic rings. The van der Waals surface area contributed by atoms with E-state index in [0.717, 1.165) is 24.2 Å². The van der Waals surface area contributed by atoms with E-state index < -0.39 is 6.10 Å². The first-order chi connectivity index (χ1) is 15.2. The van der Waals surface area contributed by atoms with E-state index in [1.54, 1.807) is 7.11 Å². The summed E-state index contributed by atoms with van der Waals surface area (Å²) >= 11 is 0. The highest BCUT2D eigenvalue weighted by molar-refractivity contribution is 5.81. The molecule has 1 heterocycles. The Morgan fingerprint density at radius 2 is 1.97 bits per heavy atom. The van der Waals surface area contributed by atoms with Crippen LogP contribution in [-0.4, -0.2) is 29.3 Å². The van der Waals surface area contributed by atoms with Crippen LogP contribution in [0, 0.1) is 0 Å². The Balaban J connectivity index is 1.36. The lowest BCUT2D eigenvalue weighted by atomic mass is 9.92. The summed E-state index contributed by atoms with van der Waals surface area (Å²) in [6, 6.07) is 13.5. The van der Waals surface area contributed by atoms with Gasteiger partial charge in [0.15, 0.2) is 6.10 Å². The highest BCUT2D eigenvalue weighted by Crippen LogP contribution is 2.26. The Morgan fingerprint density at radius 3 is 2.77 bits per heavy atom. The first-order valence-corrected chi connectivity index (χ1v) is 10.7. The van der Waals surface area contributed by atoms with Crippen molar-refractivity contribution in [2.45, 2.75) is 51.7 Å². The molecule has 4 rings (SSSR count). The van der Waals surface area contributed by atoms with Gasteiger partial charge in [-0.2, -0.15) is 4.98 Å². The fraction of sp³-hybridized carbons (Fsp3) is 0.375. The average Bonchev–Trinajstić information content (AvgIpc) is 3.30. The molecule has 0 aliphatic heterocycles. The van der Waals surface area contributed by atoms with Crippen molar-refractivity contribution < 1.29 is 18.8 Å². The number of aryl methyl sites for hydroxylation is 2. The predicted molar refractivity (Wildman–Crippen MR) is 116 cm³/mol. The predicted octanol–water partition coefficient (Wildman–Crippen LogP) is 4.10. The average molecular weight is 421 g/mol. The summed E-state index contributed by atoms with van der Waals surface area (Å²) in [4.78, 5) is 17.0. The van der Waals surface area contributed by atoms with Crippen molar-refractivity contribution >= 4 is 5.91 Å². The van der Waals surface area contributed by atoms with Crippen molar-refractivity contribution in [2.75, 3.05) is 7.11 Å². The topological polar surface area (TPSA) is 86.5 Å². The van der Waals surface area contributed by atoms with E-state index in [2.05, 4.69) is 27.6 Å². The lowest BCUT2D eigenvalue weighted by Crippen LogP contribution is -2.37. The molecular weight excluding hydrogens is 394 g/mol. The lowest BCUT2D eigenvalue weighted by Gasteiger charge is -2.20. The van der Waals surface area contributed by atoms with Crippen LogP contribution in [0.1, 0.15) is 43.2 Å². The Bertz CT molecular complexity index is 1050. The van der Waals surface area contributed by atoms with Crippen molar-refractivity contribution in [2.24, 2.45) is 0 Å². The van der Waals surface area contributed by atoms with E-state index in [4.69, 9.17) is 14.0 Å². The lowest BCUT2D eigenvalue weighted by molar-refractivity contribution is -0.128. The molecule has 1 atom stereocenters. The summed E-state index contributed by atoms with van der Waals surface area (Å²) in [6.07, 6.45) is 4.61. The molecule has 0 fully saturated rings. The van der Waals surface area contributed by atoms with Crippen LogP contribution in [0.3, 0.4) is 0 Å². The second kappa shape index (κ2) is 9.64. The van der Waals surface area contributed by atoms with Gasteiger partial charge in [0, 0.05) is 5.56 Å².